The summed E-state index contributed by atoms with van der Waals surface area (Å²) in [5.74, 6) is 0.293. The van der Waals surface area contributed by atoms with Gasteiger partial charge in [0, 0.05) is 18.9 Å². The first kappa shape index (κ1) is 10.6. The van der Waals surface area contributed by atoms with E-state index in [1.165, 1.54) is 0 Å². The highest BCUT2D eigenvalue weighted by molar-refractivity contribution is 5.84. The van der Waals surface area contributed by atoms with Crippen molar-refractivity contribution in [3.8, 4) is 0 Å². The van der Waals surface area contributed by atoms with E-state index in [0.29, 0.717) is 18.8 Å². The number of hydrogen-bond acceptors (Lipinski definition) is 2. The van der Waals surface area contributed by atoms with E-state index in [1.807, 2.05) is 20.8 Å². The van der Waals surface area contributed by atoms with Crippen molar-refractivity contribution in [2.75, 3.05) is 13.7 Å². The molecular formula is C9H18O2. The SMILES string of the molecule is CCC(C)(C)C(=O)CCOC. The third-order valence-corrected chi connectivity index (χ3v) is 2.17. The summed E-state index contributed by atoms with van der Waals surface area (Å²) >= 11 is 0. The van der Waals surface area contributed by atoms with Gasteiger partial charge in [0.05, 0.1) is 6.61 Å². The molecule has 0 radical (unpaired) electrons. The Bertz CT molecular complexity index is 128. The van der Waals surface area contributed by atoms with Crippen LogP contribution in [-0.2, 0) is 9.53 Å². The smallest absolute Gasteiger partial charge is 0.140 e. The van der Waals surface area contributed by atoms with E-state index in [1.54, 1.807) is 7.11 Å². The summed E-state index contributed by atoms with van der Waals surface area (Å²) in [6.45, 7) is 6.53. The van der Waals surface area contributed by atoms with Crippen LogP contribution in [0.25, 0.3) is 0 Å². The monoisotopic (exact) mass is 158 g/mol. The molecule has 2 nitrogen and oxygen atoms in total. The fourth-order valence-corrected chi connectivity index (χ4v) is 0.730. The molecule has 0 aromatic heterocycles. The molecule has 0 aromatic rings. The van der Waals surface area contributed by atoms with Crippen LogP contribution in [0.3, 0.4) is 0 Å². The molecule has 0 atom stereocenters. The van der Waals surface area contributed by atoms with E-state index in [2.05, 4.69) is 0 Å². The van der Waals surface area contributed by atoms with Crippen molar-refractivity contribution < 1.29 is 9.53 Å². The van der Waals surface area contributed by atoms with Gasteiger partial charge in [-0.25, -0.2) is 0 Å². The number of carbonyl (C=O) groups excluding carboxylic acids is 1. The molecule has 0 unspecified atom stereocenters. The van der Waals surface area contributed by atoms with E-state index in [-0.39, 0.29) is 5.41 Å². The number of carbonyl (C=O) groups is 1. The third kappa shape index (κ3) is 3.51. The molecule has 0 heterocycles. The van der Waals surface area contributed by atoms with E-state index in [9.17, 15) is 4.79 Å². The van der Waals surface area contributed by atoms with E-state index < -0.39 is 0 Å². The quantitative estimate of drug-likeness (QED) is 0.612. The fourth-order valence-electron chi connectivity index (χ4n) is 0.730. The maximum Gasteiger partial charge on any atom is 0.140 e. The number of ether oxygens (including phenoxy) is 1. The highest BCUT2D eigenvalue weighted by Crippen LogP contribution is 2.22. The Balaban J connectivity index is 3.82. The van der Waals surface area contributed by atoms with Crippen LogP contribution in [0.15, 0.2) is 0 Å². The van der Waals surface area contributed by atoms with Gasteiger partial charge in [-0.05, 0) is 6.42 Å². The normalized spacial score (nSPS) is 11.6. The summed E-state index contributed by atoms with van der Waals surface area (Å²) in [6, 6.07) is 0. The molecule has 0 fully saturated rings. The largest absolute Gasteiger partial charge is 0.384 e. The van der Waals surface area contributed by atoms with E-state index in [0.717, 1.165) is 6.42 Å². The van der Waals surface area contributed by atoms with Crippen molar-refractivity contribution in [2.24, 2.45) is 5.41 Å². The molecule has 0 saturated carbocycles. The van der Waals surface area contributed by atoms with Gasteiger partial charge in [-0.3, -0.25) is 4.79 Å². The van der Waals surface area contributed by atoms with Crippen LogP contribution in [-0.4, -0.2) is 19.5 Å². The highest BCUT2D eigenvalue weighted by atomic mass is 16.5. The predicted octanol–water partition coefficient (Wildman–Crippen LogP) is 2.03. The second-order valence-electron chi connectivity index (χ2n) is 3.40. The minimum absolute atomic E-state index is 0.168. The first-order valence-corrected chi connectivity index (χ1v) is 4.07. The van der Waals surface area contributed by atoms with Crippen LogP contribution in [0.2, 0.25) is 0 Å². The molecule has 0 aliphatic rings. The zero-order valence-corrected chi connectivity index (χ0v) is 7.94. The van der Waals surface area contributed by atoms with Crippen molar-refractivity contribution >= 4 is 5.78 Å². The molecule has 0 bridgehead atoms. The van der Waals surface area contributed by atoms with Gasteiger partial charge in [-0.15, -0.1) is 0 Å². The van der Waals surface area contributed by atoms with Gasteiger partial charge in [0.25, 0.3) is 0 Å². The van der Waals surface area contributed by atoms with Crippen LogP contribution < -0.4 is 0 Å². The van der Waals surface area contributed by atoms with Crippen molar-refractivity contribution in [1.82, 2.24) is 0 Å². The maximum absolute atomic E-state index is 11.4. The van der Waals surface area contributed by atoms with Gasteiger partial charge in [-0.2, -0.15) is 0 Å². The molecule has 2 heteroatoms. The zero-order valence-electron chi connectivity index (χ0n) is 7.94. The number of ketones is 1. The maximum atomic E-state index is 11.4. The van der Waals surface area contributed by atoms with Gasteiger partial charge < -0.3 is 4.74 Å². The lowest BCUT2D eigenvalue weighted by Crippen LogP contribution is -2.24. The molecule has 0 N–H and O–H groups in total. The van der Waals surface area contributed by atoms with Crippen LogP contribution in [0, 0.1) is 5.41 Å². The standard InChI is InChI=1S/C9H18O2/c1-5-9(2,3)8(10)6-7-11-4/h5-7H2,1-4H3. The average molecular weight is 158 g/mol. The highest BCUT2D eigenvalue weighted by Gasteiger charge is 2.23. The Labute approximate surface area is 68.9 Å². The predicted molar refractivity (Wildman–Crippen MR) is 45.6 cm³/mol. The molecule has 0 spiro atoms. The molecule has 0 amide bonds. The number of hydrogen-bond donors (Lipinski definition) is 0. The van der Waals surface area contributed by atoms with Crippen molar-refractivity contribution in [2.45, 2.75) is 33.6 Å². The number of methoxy groups -OCH3 is 1. The summed E-state index contributed by atoms with van der Waals surface area (Å²) in [7, 11) is 1.62. The summed E-state index contributed by atoms with van der Waals surface area (Å²) in [4.78, 5) is 11.4. The molecular weight excluding hydrogens is 140 g/mol. The van der Waals surface area contributed by atoms with Crippen molar-refractivity contribution in [1.29, 1.82) is 0 Å². The molecule has 11 heavy (non-hydrogen) atoms. The second-order valence-corrected chi connectivity index (χ2v) is 3.40. The molecule has 0 aliphatic heterocycles. The Kier molecular flexibility index (Phi) is 4.34. The summed E-state index contributed by atoms with van der Waals surface area (Å²) in [6.07, 6.45) is 1.44. The van der Waals surface area contributed by atoms with Gasteiger partial charge in [0.1, 0.15) is 5.78 Å². The van der Waals surface area contributed by atoms with Gasteiger partial charge in [0.15, 0.2) is 0 Å². The lowest BCUT2D eigenvalue weighted by atomic mass is 9.84. The Morgan fingerprint density at radius 3 is 2.36 bits per heavy atom. The average Bonchev–Trinajstić information content (AvgIpc) is 2.00. The van der Waals surface area contributed by atoms with E-state index in [4.69, 9.17) is 4.74 Å². The molecule has 0 aliphatic carbocycles. The summed E-state index contributed by atoms with van der Waals surface area (Å²) < 4.78 is 4.83. The lowest BCUT2D eigenvalue weighted by molar-refractivity contribution is -0.128. The zero-order chi connectivity index (χ0) is 8.91. The molecule has 0 saturated heterocycles. The van der Waals surface area contributed by atoms with Crippen LogP contribution in [0.1, 0.15) is 33.6 Å². The Hall–Kier alpha value is -0.370. The first-order chi connectivity index (χ1) is 5.04. The molecule has 0 aromatic carbocycles. The minimum atomic E-state index is -0.168. The first-order valence-electron chi connectivity index (χ1n) is 4.07. The Morgan fingerprint density at radius 1 is 1.45 bits per heavy atom. The van der Waals surface area contributed by atoms with Crippen LogP contribution in [0.5, 0.6) is 0 Å². The topological polar surface area (TPSA) is 26.3 Å². The van der Waals surface area contributed by atoms with Gasteiger partial charge in [0.2, 0.25) is 0 Å². The van der Waals surface area contributed by atoms with E-state index >= 15 is 0 Å². The second kappa shape index (κ2) is 4.50. The van der Waals surface area contributed by atoms with Crippen molar-refractivity contribution in [3.63, 3.8) is 0 Å². The lowest BCUT2D eigenvalue weighted by Gasteiger charge is -2.20. The summed E-state index contributed by atoms with van der Waals surface area (Å²) in [5, 5.41) is 0. The molecule has 66 valence electrons. The Morgan fingerprint density at radius 2 is 2.00 bits per heavy atom. The van der Waals surface area contributed by atoms with Crippen LogP contribution >= 0.6 is 0 Å². The van der Waals surface area contributed by atoms with Crippen LogP contribution in [0.4, 0.5) is 0 Å². The fraction of sp³-hybridized carbons (Fsp3) is 0.889. The minimum Gasteiger partial charge on any atom is -0.384 e. The summed E-state index contributed by atoms with van der Waals surface area (Å²) in [5.41, 5.74) is -0.168. The molecule has 0 rings (SSSR count). The third-order valence-electron chi connectivity index (χ3n) is 2.17. The van der Waals surface area contributed by atoms with Crippen molar-refractivity contribution in [3.05, 3.63) is 0 Å². The van der Waals surface area contributed by atoms with Gasteiger partial charge in [-0.1, -0.05) is 20.8 Å². The number of Topliss-reactive ketones (excluding diaryl/α,β-unsaturated/α-hetero) is 1. The number of rotatable bonds is 5. The van der Waals surface area contributed by atoms with Gasteiger partial charge >= 0.3 is 0 Å².